The molecule has 22 heteroatoms. The van der Waals surface area contributed by atoms with E-state index < -0.39 is 48.8 Å². The van der Waals surface area contributed by atoms with Crippen molar-refractivity contribution in [1.29, 1.82) is 0 Å². The minimum absolute atomic E-state index is 0.0376. The maximum Gasteiger partial charge on any atom is 0.475 e. The number of pyridine rings is 1. The molecule has 56 heavy (non-hydrogen) atoms. The summed E-state index contributed by atoms with van der Waals surface area (Å²) < 4.78 is 0. The lowest BCUT2D eigenvalue weighted by Gasteiger charge is -2.32. The number of likely N-dealkylation sites (tertiary alicyclic amines) is 1. The first kappa shape index (κ1) is 45.7. The number of Topliss-reactive ketones (excluding diaryl/α,β-unsaturated/α-hetero) is 1. The summed E-state index contributed by atoms with van der Waals surface area (Å²) in [6, 6.07) is 2.10. The van der Waals surface area contributed by atoms with Crippen LogP contribution in [0.1, 0.15) is 43.0 Å². The number of carbonyl (C=O) groups is 7. The number of carboxylic acid groups (broad SMARTS) is 3. The molecule has 3 amide bonds. The first-order valence-electron chi connectivity index (χ1n) is 18.6. The summed E-state index contributed by atoms with van der Waals surface area (Å²) >= 11 is 0. The molecule has 0 radical (unpaired) electrons. The van der Waals surface area contributed by atoms with Gasteiger partial charge in [0.15, 0.2) is 5.78 Å². The summed E-state index contributed by atoms with van der Waals surface area (Å²) in [5.41, 5.74) is 0.185. The van der Waals surface area contributed by atoms with E-state index in [1.807, 2.05) is 0 Å². The lowest BCUT2D eigenvalue weighted by Crippen LogP contribution is -2.52. The van der Waals surface area contributed by atoms with E-state index in [1.165, 1.54) is 30.2 Å². The van der Waals surface area contributed by atoms with E-state index in [1.54, 1.807) is 19.6 Å². The van der Waals surface area contributed by atoms with Gasteiger partial charge in [-0.3, -0.25) is 53.2 Å². The average Bonchev–Trinajstić information content (AvgIpc) is 3.63. The van der Waals surface area contributed by atoms with E-state index in [0.29, 0.717) is 44.7 Å². The number of rotatable bonds is 19. The second kappa shape index (κ2) is 23.4. The molecule has 3 heterocycles. The topological polar surface area (TPSA) is 286 Å². The van der Waals surface area contributed by atoms with Gasteiger partial charge in [0.25, 0.3) is 5.91 Å². The average molecular weight is 792 g/mol. The van der Waals surface area contributed by atoms with Crippen molar-refractivity contribution in [3.8, 4) is 0 Å². The Labute approximate surface area is 325 Å². The first-order chi connectivity index (χ1) is 26.6. The number of anilines is 1. The molecule has 1 aromatic heterocycles. The fraction of sp³-hybridized carbons (Fsp3) is 0.647. The largest absolute Gasteiger partial charge is 0.480 e. The fourth-order valence-electron chi connectivity index (χ4n) is 6.43. The Morgan fingerprint density at radius 3 is 1.77 bits per heavy atom. The minimum Gasteiger partial charge on any atom is -0.480 e. The molecule has 1 aromatic rings. The number of hydrogen-bond donors (Lipinski definition) is 8. The SMILES string of the molecule is C[C@@H](NC(=O)c1ccc(NCC(=O)CCCNC(=O)CN2CCN(CC(=O)O)CCN(CC(=O)O)CCN(CC(=O)O)CC2)nc1)C(=O)N1CCC[C@H]1B(O)O. The lowest BCUT2D eigenvalue weighted by molar-refractivity contribution is -0.140. The van der Waals surface area contributed by atoms with Gasteiger partial charge in [-0.15, -0.1) is 0 Å². The Kier molecular flexibility index (Phi) is 19.0. The van der Waals surface area contributed by atoms with E-state index in [-0.39, 0.29) is 102 Å². The van der Waals surface area contributed by atoms with E-state index in [4.69, 9.17) is 0 Å². The zero-order valence-corrected chi connectivity index (χ0v) is 31.7. The van der Waals surface area contributed by atoms with Crippen molar-refractivity contribution >= 4 is 54.3 Å². The van der Waals surface area contributed by atoms with Gasteiger partial charge >= 0.3 is 25.0 Å². The lowest BCUT2D eigenvalue weighted by atomic mass is 9.78. The quantitative estimate of drug-likeness (QED) is 0.0500. The van der Waals surface area contributed by atoms with Gasteiger partial charge in [-0.05, 0) is 38.3 Å². The van der Waals surface area contributed by atoms with E-state index >= 15 is 0 Å². The molecular formula is C34H54BN9O12. The predicted octanol–water partition coefficient (Wildman–Crippen LogP) is -3.44. The molecule has 0 aromatic carbocycles. The van der Waals surface area contributed by atoms with Gasteiger partial charge in [0, 0.05) is 78.1 Å². The third-order valence-corrected chi connectivity index (χ3v) is 9.47. The number of carboxylic acids is 3. The highest BCUT2D eigenvalue weighted by molar-refractivity contribution is 6.43. The number of nitrogens with one attached hydrogen (secondary N) is 3. The number of hydrogen-bond acceptors (Lipinski definition) is 15. The normalized spacial score (nSPS) is 18.6. The molecule has 0 spiro atoms. The fourth-order valence-corrected chi connectivity index (χ4v) is 6.43. The summed E-state index contributed by atoms with van der Waals surface area (Å²) in [6.07, 6.45) is 2.90. The number of ketones is 1. The van der Waals surface area contributed by atoms with Gasteiger partial charge in [0.1, 0.15) is 11.9 Å². The van der Waals surface area contributed by atoms with E-state index in [9.17, 15) is 58.9 Å². The Morgan fingerprint density at radius 2 is 1.30 bits per heavy atom. The van der Waals surface area contributed by atoms with Crippen LogP contribution in [0.15, 0.2) is 18.3 Å². The molecule has 2 aliphatic rings. The first-order valence-corrected chi connectivity index (χ1v) is 18.6. The zero-order valence-electron chi connectivity index (χ0n) is 31.7. The minimum atomic E-state index is -1.66. The van der Waals surface area contributed by atoms with Crippen LogP contribution in [-0.2, 0) is 28.8 Å². The van der Waals surface area contributed by atoms with Crippen molar-refractivity contribution in [2.24, 2.45) is 0 Å². The highest BCUT2D eigenvalue weighted by Crippen LogP contribution is 2.19. The molecule has 0 aliphatic carbocycles. The summed E-state index contributed by atoms with van der Waals surface area (Å²) in [7, 11) is -1.66. The molecule has 2 aliphatic heterocycles. The van der Waals surface area contributed by atoms with Gasteiger partial charge in [-0.1, -0.05) is 0 Å². The van der Waals surface area contributed by atoms with Crippen LogP contribution in [0.25, 0.3) is 0 Å². The van der Waals surface area contributed by atoms with Gasteiger partial charge in [-0.2, -0.15) is 0 Å². The van der Waals surface area contributed by atoms with Crippen molar-refractivity contribution < 1.29 is 58.9 Å². The van der Waals surface area contributed by atoms with E-state index in [2.05, 4.69) is 20.9 Å². The Bertz CT molecular complexity index is 1470. The molecule has 2 saturated heterocycles. The summed E-state index contributed by atoms with van der Waals surface area (Å²) in [5.74, 6) is -4.94. The molecule has 0 bridgehead atoms. The molecule has 310 valence electrons. The van der Waals surface area contributed by atoms with Crippen molar-refractivity contribution in [2.45, 2.75) is 44.6 Å². The molecule has 0 saturated carbocycles. The standard InChI is InChI=1S/C34H54BN9O12/c1-24(34(54)44-9-3-5-27(44)35(55)56)39-33(53)25-6-7-28(37-18-25)38-19-26(45)4-2-8-36-29(46)20-40-10-12-41(21-30(47)48)14-16-43(23-32(51)52)17-15-42(13-11-40)22-31(49)50/h6-7,18,24,27,55-56H,2-5,8-17,19-23H2,1H3,(H,36,46)(H,37,38)(H,39,53)(H,47,48)(H,49,50)(H,51,52)/t24-,27+/m1/s1. The van der Waals surface area contributed by atoms with Crippen LogP contribution >= 0.6 is 0 Å². The Hall–Kier alpha value is -4.74. The maximum absolute atomic E-state index is 12.9. The van der Waals surface area contributed by atoms with Crippen LogP contribution in [0.5, 0.6) is 0 Å². The molecule has 2 atom stereocenters. The number of aliphatic carboxylic acids is 3. The molecule has 8 N–H and O–H groups in total. The second-order valence-corrected chi connectivity index (χ2v) is 13.9. The number of amides is 3. The van der Waals surface area contributed by atoms with Crippen molar-refractivity contribution in [3.63, 3.8) is 0 Å². The Morgan fingerprint density at radius 1 is 0.786 bits per heavy atom. The predicted molar refractivity (Wildman–Crippen MR) is 200 cm³/mol. The van der Waals surface area contributed by atoms with Gasteiger partial charge in [0.05, 0.1) is 44.2 Å². The maximum atomic E-state index is 12.9. The van der Waals surface area contributed by atoms with Crippen molar-refractivity contribution in [3.05, 3.63) is 23.9 Å². The number of nitrogens with zero attached hydrogens (tertiary/aromatic N) is 6. The molecule has 3 rings (SSSR count). The Balaban J connectivity index is 1.42. The molecular weight excluding hydrogens is 737 g/mol. The van der Waals surface area contributed by atoms with Crippen molar-refractivity contribution in [1.82, 2.24) is 40.1 Å². The molecule has 2 fully saturated rings. The molecule has 21 nitrogen and oxygen atoms in total. The highest BCUT2D eigenvalue weighted by atomic mass is 16.4. The van der Waals surface area contributed by atoms with Crippen LogP contribution < -0.4 is 16.0 Å². The summed E-state index contributed by atoms with van der Waals surface area (Å²) in [6.45, 7) is 3.45. The molecule has 0 unspecified atom stereocenters. The highest BCUT2D eigenvalue weighted by Gasteiger charge is 2.38. The van der Waals surface area contributed by atoms with E-state index in [0.717, 1.165) is 0 Å². The summed E-state index contributed by atoms with van der Waals surface area (Å²) in [5, 5.41) is 55.5. The third-order valence-electron chi connectivity index (χ3n) is 9.47. The monoisotopic (exact) mass is 791 g/mol. The smallest absolute Gasteiger partial charge is 0.475 e. The number of aromatic nitrogens is 1. The van der Waals surface area contributed by atoms with Crippen LogP contribution in [-0.4, -0.2) is 214 Å². The summed E-state index contributed by atoms with van der Waals surface area (Å²) in [4.78, 5) is 97.5. The third kappa shape index (κ3) is 16.6. The van der Waals surface area contributed by atoms with Crippen LogP contribution in [0.3, 0.4) is 0 Å². The van der Waals surface area contributed by atoms with Crippen LogP contribution in [0, 0.1) is 0 Å². The number of carbonyl (C=O) groups excluding carboxylic acids is 4. The van der Waals surface area contributed by atoms with Gasteiger partial charge in [-0.25, -0.2) is 4.98 Å². The van der Waals surface area contributed by atoms with Gasteiger partial charge in [0.2, 0.25) is 11.8 Å². The zero-order chi connectivity index (χ0) is 41.2. The van der Waals surface area contributed by atoms with Crippen LogP contribution in [0.2, 0.25) is 0 Å². The second-order valence-electron chi connectivity index (χ2n) is 13.9. The van der Waals surface area contributed by atoms with Crippen LogP contribution in [0.4, 0.5) is 5.82 Å². The van der Waals surface area contributed by atoms with Gasteiger partial charge < -0.3 is 46.2 Å². The van der Waals surface area contributed by atoms with Crippen molar-refractivity contribution in [2.75, 3.05) is 103 Å².